The summed E-state index contributed by atoms with van der Waals surface area (Å²) < 4.78 is 40.0. The van der Waals surface area contributed by atoms with E-state index < -0.39 is 17.8 Å². The van der Waals surface area contributed by atoms with Crippen LogP contribution in [0, 0.1) is 0 Å². The summed E-state index contributed by atoms with van der Waals surface area (Å²) in [5.41, 5.74) is 0.0519. The lowest BCUT2D eigenvalue weighted by Gasteiger charge is -2.40. The van der Waals surface area contributed by atoms with Crippen molar-refractivity contribution in [2.45, 2.75) is 18.3 Å². The summed E-state index contributed by atoms with van der Waals surface area (Å²) in [6.45, 7) is 2.46. The van der Waals surface area contributed by atoms with Crippen LogP contribution in [0.3, 0.4) is 0 Å². The highest BCUT2D eigenvalue weighted by Gasteiger charge is 2.40. The van der Waals surface area contributed by atoms with Gasteiger partial charge in [0.05, 0.1) is 17.7 Å². The number of anilines is 1. The number of carbonyl (C=O) groups is 1. The molecule has 2 heterocycles. The van der Waals surface area contributed by atoms with Crippen LogP contribution in [0.2, 0.25) is 5.02 Å². The fourth-order valence-electron chi connectivity index (χ4n) is 4.35. The summed E-state index contributed by atoms with van der Waals surface area (Å²) in [7, 11) is 0. The molecule has 4 rings (SSSR count). The zero-order valence-corrected chi connectivity index (χ0v) is 17.5. The summed E-state index contributed by atoms with van der Waals surface area (Å²) in [6, 6.07) is 12.0. The van der Waals surface area contributed by atoms with Crippen LogP contribution in [0.1, 0.15) is 15.9 Å². The van der Waals surface area contributed by atoms with Gasteiger partial charge in [0.15, 0.2) is 0 Å². The molecule has 2 aliphatic rings. The van der Waals surface area contributed by atoms with Crippen LogP contribution in [-0.2, 0) is 6.18 Å². The van der Waals surface area contributed by atoms with Gasteiger partial charge in [0.1, 0.15) is 0 Å². The first-order valence-electron chi connectivity index (χ1n) is 10.1. The molecule has 2 saturated heterocycles. The first-order chi connectivity index (χ1) is 14.7. The molecule has 0 aliphatic carbocycles. The predicted octanol–water partition coefficient (Wildman–Crippen LogP) is 3.37. The van der Waals surface area contributed by atoms with E-state index in [4.69, 9.17) is 11.6 Å². The van der Waals surface area contributed by atoms with E-state index in [1.807, 2.05) is 0 Å². The standard InChI is InChI=1S/C22H23ClF3N3O2/c23-16-7-5-15(6-8-16)21(31)29-13-19(20(30)14-29)28-11-9-27(10-12-28)18-4-2-1-3-17(18)22(24,25)26/h1-8,19-20,30H,9-14H2. The fourth-order valence-corrected chi connectivity index (χ4v) is 4.48. The van der Waals surface area contributed by atoms with Crippen LogP contribution in [0.4, 0.5) is 18.9 Å². The maximum Gasteiger partial charge on any atom is 0.418 e. The quantitative estimate of drug-likeness (QED) is 0.774. The molecule has 2 aliphatic heterocycles. The van der Waals surface area contributed by atoms with Crippen molar-refractivity contribution in [2.75, 3.05) is 44.2 Å². The number of halogens is 4. The molecule has 166 valence electrons. The van der Waals surface area contributed by atoms with Gasteiger partial charge in [0, 0.05) is 55.5 Å². The molecule has 2 aromatic carbocycles. The van der Waals surface area contributed by atoms with Crippen LogP contribution in [0.15, 0.2) is 48.5 Å². The van der Waals surface area contributed by atoms with Crippen molar-refractivity contribution in [3.8, 4) is 0 Å². The van der Waals surface area contributed by atoms with Gasteiger partial charge in [-0.05, 0) is 36.4 Å². The average Bonchev–Trinajstić information content (AvgIpc) is 3.15. The minimum atomic E-state index is -4.40. The van der Waals surface area contributed by atoms with Crippen LogP contribution >= 0.6 is 11.6 Å². The van der Waals surface area contributed by atoms with Crippen LogP contribution in [-0.4, -0.2) is 72.2 Å². The monoisotopic (exact) mass is 453 g/mol. The summed E-state index contributed by atoms with van der Waals surface area (Å²) >= 11 is 5.88. The number of amides is 1. The Morgan fingerprint density at radius 1 is 0.968 bits per heavy atom. The molecule has 5 nitrogen and oxygen atoms in total. The summed E-state index contributed by atoms with van der Waals surface area (Å²) in [4.78, 5) is 18.1. The molecule has 9 heteroatoms. The number of para-hydroxylation sites is 1. The molecule has 0 radical (unpaired) electrons. The second-order valence-corrected chi connectivity index (χ2v) is 8.33. The minimum absolute atomic E-state index is 0.170. The van der Waals surface area contributed by atoms with Crippen molar-refractivity contribution in [1.82, 2.24) is 9.80 Å². The number of hydrogen-bond donors (Lipinski definition) is 1. The lowest BCUT2D eigenvalue weighted by Crippen LogP contribution is -2.54. The fraction of sp³-hybridized carbons (Fsp3) is 0.409. The molecule has 0 aromatic heterocycles. The molecule has 1 amide bonds. The highest BCUT2D eigenvalue weighted by atomic mass is 35.5. The molecule has 1 N–H and O–H groups in total. The molecule has 2 fully saturated rings. The van der Waals surface area contributed by atoms with Gasteiger partial charge in [-0.1, -0.05) is 23.7 Å². The van der Waals surface area contributed by atoms with E-state index in [2.05, 4.69) is 4.90 Å². The minimum Gasteiger partial charge on any atom is -0.390 e. The number of alkyl halides is 3. The number of piperazine rings is 1. The Hall–Kier alpha value is -2.29. The first-order valence-corrected chi connectivity index (χ1v) is 10.5. The van der Waals surface area contributed by atoms with E-state index in [9.17, 15) is 23.1 Å². The lowest BCUT2D eigenvalue weighted by molar-refractivity contribution is -0.137. The SMILES string of the molecule is O=C(c1ccc(Cl)cc1)N1CC(O)C(N2CCN(c3ccccc3C(F)(F)F)CC2)C1. The Balaban J connectivity index is 1.39. The molecule has 0 bridgehead atoms. The Morgan fingerprint density at radius 2 is 1.61 bits per heavy atom. The predicted molar refractivity (Wildman–Crippen MR) is 112 cm³/mol. The number of nitrogens with zero attached hydrogens (tertiary/aromatic N) is 3. The van der Waals surface area contributed by atoms with Crippen LogP contribution < -0.4 is 4.90 Å². The van der Waals surface area contributed by atoms with Crippen molar-refractivity contribution in [3.63, 3.8) is 0 Å². The Morgan fingerprint density at radius 3 is 2.26 bits per heavy atom. The van der Waals surface area contributed by atoms with Crippen molar-refractivity contribution in [2.24, 2.45) is 0 Å². The second kappa shape index (κ2) is 8.68. The number of aliphatic hydroxyl groups excluding tert-OH is 1. The van der Waals surface area contributed by atoms with Gasteiger partial charge in [0.25, 0.3) is 5.91 Å². The Labute approximate surface area is 183 Å². The van der Waals surface area contributed by atoms with Crippen LogP contribution in [0.25, 0.3) is 0 Å². The van der Waals surface area contributed by atoms with Gasteiger partial charge < -0.3 is 14.9 Å². The van der Waals surface area contributed by atoms with Gasteiger partial charge in [-0.3, -0.25) is 9.69 Å². The number of aliphatic hydroxyl groups is 1. The zero-order valence-electron chi connectivity index (χ0n) is 16.7. The smallest absolute Gasteiger partial charge is 0.390 e. The highest BCUT2D eigenvalue weighted by molar-refractivity contribution is 6.30. The van der Waals surface area contributed by atoms with E-state index in [0.29, 0.717) is 43.3 Å². The van der Waals surface area contributed by atoms with Crippen LogP contribution in [0.5, 0.6) is 0 Å². The summed E-state index contributed by atoms with van der Waals surface area (Å²) in [6.07, 6.45) is -5.11. The maximum atomic E-state index is 13.3. The molecular weight excluding hydrogens is 431 g/mol. The number of benzene rings is 2. The molecule has 0 spiro atoms. The van der Waals surface area contributed by atoms with E-state index in [-0.39, 0.29) is 24.2 Å². The summed E-state index contributed by atoms with van der Waals surface area (Å²) in [5.74, 6) is -0.170. The van der Waals surface area contributed by atoms with Gasteiger partial charge in [0.2, 0.25) is 0 Å². The molecule has 31 heavy (non-hydrogen) atoms. The number of hydrogen-bond acceptors (Lipinski definition) is 4. The molecule has 0 saturated carbocycles. The number of β-amino-alcohol motifs (C(OH)–C–C–N with tert-alkyl or cyclic N) is 1. The Bertz CT molecular complexity index is 930. The van der Waals surface area contributed by atoms with Crippen molar-refractivity contribution < 1.29 is 23.1 Å². The molecule has 2 unspecified atom stereocenters. The topological polar surface area (TPSA) is 47.0 Å². The van der Waals surface area contributed by atoms with Crippen molar-refractivity contribution in [1.29, 1.82) is 0 Å². The van der Waals surface area contributed by atoms with E-state index in [0.717, 1.165) is 6.07 Å². The third-order valence-corrected chi connectivity index (χ3v) is 6.22. The number of rotatable bonds is 3. The number of carbonyl (C=O) groups excluding carboxylic acids is 1. The maximum absolute atomic E-state index is 13.3. The third-order valence-electron chi connectivity index (χ3n) is 5.97. The van der Waals surface area contributed by atoms with Gasteiger partial charge in [-0.2, -0.15) is 13.2 Å². The largest absolute Gasteiger partial charge is 0.418 e. The van der Waals surface area contributed by atoms with Gasteiger partial charge >= 0.3 is 6.18 Å². The highest BCUT2D eigenvalue weighted by Crippen LogP contribution is 2.37. The van der Waals surface area contributed by atoms with Gasteiger partial charge in [-0.15, -0.1) is 0 Å². The zero-order chi connectivity index (χ0) is 22.2. The van der Waals surface area contributed by atoms with E-state index >= 15 is 0 Å². The summed E-state index contributed by atoms with van der Waals surface area (Å²) in [5, 5.41) is 11.1. The van der Waals surface area contributed by atoms with Crippen molar-refractivity contribution in [3.05, 3.63) is 64.7 Å². The second-order valence-electron chi connectivity index (χ2n) is 7.89. The van der Waals surface area contributed by atoms with E-state index in [1.54, 1.807) is 40.1 Å². The van der Waals surface area contributed by atoms with Gasteiger partial charge in [-0.25, -0.2) is 0 Å². The Kier molecular flexibility index (Phi) is 6.14. The van der Waals surface area contributed by atoms with Crippen molar-refractivity contribution >= 4 is 23.2 Å². The third kappa shape index (κ3) is 4.66. The lowest BCUT2D eigenvalue weighted by atomic mass is 10.1. The average molecular weight is 454 g/mol. The molecule has 2 atom stereocenters. The normalized spacial score (nSPS) is 22.7. The molecular formula is C22H23ClF3N3O2. The van der Waals surface area contributed by atoms with E-state index in [1.165, 1.54) is 12.1 Å². The first kappa shape index (κ1) is 21.9. The number of likely N-dealkylation sites (tertiary alicyclic amines) is 1. The molecule has 2 aromatic rings.